The number of urea groups is 1. The van der Waals surface area contributed by atoms with Crippen molar-refractivity contribution in [1.82, 2.24) is 15.1 Å². The Balaban J connectivity index is 1.49. The van der Waals surface area contributed by atoms with Crippen LogP contribution in [0.4, 0.5) is 4.79 Å². The van der Waals surface area contributed by atoms with Gasteiger partial charge in [0.05, 0.1) is 14.2 Å². The second kappa shape index (κ2) is 8.53. The number of benzene rings is 2. The Bertz CT molecular complexity index is 1070. The summed E-state index contributed by atoms with van der Waals surface area (Å²) in [5.74, 6) is 0.522. The lowest BCUT2D eigenvalue weighted by Crippen LogP contribution is -2.44. The summed E-state index contributed by atoms with van der Waals surface area (Å²) in [7, 11) is 3.12. The molecule has 0 saturated carbocycles. The van der Waals surface area contributed by atoms with Gasteiger partial charge in [-0.05, 0) is 48.6 Å². The number of methoxy groups -OCH3 is 2. The van der Waals surface area contributed by atoms with Crippen molar-refractivity contribution in [2.45, 2.75) is 31.8 Å². The van der Waals surface area contributed by atoms with Crippen molar-refractivity contribution in [2.75, 3.05) is 27.3 Å². The van der Waals surface area contributed by atoms with Crippen LogP contribution in [0.15, 0.2) is 42.5 Å². The first kappa shape index (κ1) is 21.7. The maximum absolute atomic E-state index is 13.3. The van der Waals surface area contributed by atoms with E-state index in [0.29, 0.717) is 37.4 Å². The van der Waals surface area contributed by atoms with Crippen molar-refractivity contribution < 1.29 is 23.9 Å². The summed E-state index contributed by atoms with van der Waals surface area (Å²) < 4.78 is 10.6. The lowest BCUT2D eigenvalue weighted by molar-refractivity contribution is -0.139. The van der Waals surface area contributed by atoms with Crippen LogP contribution in [0.1, 0.15) is 30.0 Å². The maximum atomic E-state index is 13.3. The van der Waals surface area contributed by atoms with Crippen LogP contribution in [-0.4, -0.2) is 55.0 Å². The first-order valence-electron chi connectivity index (χ1n) is 10.6. The molecule has 1 spiro atoms. The summed E-state index contributed by atoms with van der Waals surface area (Å²) in [6, 6.07) is 12.6. The van der Waals surface area contributed by atoms with Gasteiger partial charge in [-0.2, -0.15) is 0 Å². The zero-order valence-electron chi connectivity index (χ0n) is 18.5. The third-order valence-corrected chi connectivity index (χ3v) is 6.27. The number of amides is 4. The molecule has 0 radical (unpaired) electrons. The molecule has 1 atom stereocenters. The Morgan fingerprint density at radius 1 is 1.12 bits per heavy atom. The molecule has 2 aromatic carbocycles. The van der Waals surface area contributed by atoms with Crippen molar-refractivity contribution in [3.05, 3.63) is 59.2 Å². The van der Waals surface area contributed by atoms with Gasteiger partial charge >= 0.3 is 6.03 Å². The highest BCUT2D eigenvalue weighted by atomic mass is 16.5. The molecule has 2 aromatic rings. The van der Waals surface area contributed by atoms with Gasteiger partial charge in [0.15, 0.2) is 11.5 Å². The van der Waals surface area contributed by atoms with Gasteiger partial charge in [-0.1, -0.05) is 30.3 Å². The van der Waals surface area contributed by atoms with E-state index in [4.69, 9.17) is 9.47 Å². The van der Waals surface area contributed by atoms with E-state index in [9.17, 15) is 14.4 Å². The van der Waals surface area contributed by atoms with E-state index in [-0.39, 0.29) is 18.4 Å². The highest BCUT2D eigenvalue weighted by Crippen LogP contribution is 2.41. The number of carbonyl (C=O) groups excluding carboxylic acids is 3. The maximum Gasteiger partial charge on any atom is 0.325 e. The van der Waals surface area contributed by atoms with Crippen molar-refractivity contribution in [3.8, 4) is 11.5 Å². The molecule has 4 rings (SSSR count). The minimum Gasteiger partial charge on any atom is -0.493 e. The molecule has 4 amide bonds. The number of rotatable bonds is 7. The fourth-order valence-electron chi connectivity index (χ4n) is 4.54. The fraction of sp³-hybridized carbons (Fsp3) is 0.375. The zero-order chi connectivity index (χ0) is 22.9. The number of nitrogens with zero attached hydrogens (tertiary/aromatic N) is 2. The van der Waals surface area contributed by atoms with E-state index in [1.807, 2.05) is 43.3 Å². The minimum atomic E-state index is -1.06. The Labute approximate surface area is 187 Å². The first-order chi connectivity index (χ1) is 15.4. The van der Waals surface area contributed by atoms with Crippen LogP contribution in [0.5, 0.6) is 11.5 Å². The molecule has 1 aliphatic heterocycles. The average Bonchev–Trinajstić information content (AvgIpc) is 3.30. The zero-order valence-corrected chi connectivity index (χ0v) is 18.5. The molecule has 2 aliphatic rings. The van der Waals surface area contributed by atoms with Gasteiger partial charge in [-0.25, -0.2) is 4.79 Å². The van der Waals surface area contributed by atoms with E-state index < -0.39 is 11.6 Å². The number of nitrogens with one attached hydrogen (secondary N) is 1. The Morgan fingerprint density at radius 2 is 1.88 bits per heavy atom. The van der Waals surface area contributed by atoms with Gasteiger partial charge in [0, 0.05) is 13.1 Å². The van der Waals surface area contributed by atoms with Crippen LogP contribution < -0.4 is 14.8 Å². The Morgan fingerprint density at radius 3 is 2.59 bits per heavy atom. The van der Waals surface area contributed by atoms with Crippen molar-refractivity contribution in [1.29, 1.82) is 0 Å². The Hall–Kier alpha value is -3.55. The molecule has 1 fully saturated rings. The van der Waals surface area contributed by atoms with Crippen LogP contribution in [-0.2, 0) is 28.1 Å². The number of carbonyl (C=O) groups is 3. The summed E-state index contributed by atoms with van der Waals surface area (Å²) in [4.78, 5) is 41.7. The third kappa shape index (κ3) is 3.55. The predicted molar refractivity (Wildman–Crippen MR) is 117 cm³/mol. The van der Waals surface area contributed by atoms with Crippen LogP contribution >= 0.6 is 0 Å². The van der Waals surface area contributed by atoms with E-state index in [1.165, 1.54) is 0 Å². The highest BCUT2D eigenvalue weighted by Gasteiger charge is 2.55. The van der Waals surface area contributed by atoms with E-state index in [2.05, 4.69) is 5.32 Å². The van der Waals surface area contributed by atoms with E-state index in [0.717, 1.165) is 21.6 Å². The molecule has 1 unspecified atom stereocenters. The number of hydrogen-bond donors (Lipinski definition) is 1. The second-order valence-corrected chi connectivity index (χ2v) is 7.98. The monoisotopic (exact) mass is 437 g/mol. The lowest BCUT2D eigenvalue weighted by atomic mass is 9.92. The minimum absolute atomic E-state index is 0.296. The van der Waals surface area contributed by atoms with Crippen LogP contribution in [0.25, 0.3) is 0 Å². The number of likely N-dealkylation sites (N-methyl/N-ethyl adjacent to an activating group) is 1. The molecule has 8 heteroatoms. The highest BCUT2D eigenvalue weighted by molar-refractivity contribution is 6.09. The number of fused-ring (bicyclic) bond motifs is 2. The summed E-state index contributed by atoms with van der Waals surface area (Å²) >= 11 is 0. The third-order valence-electron chi connectivity index (χ3n) is 6.27. The fourth-order valence-corrected chi connectivity index (χ4v) is 4.54. The number of aryl methyl sites for hydroxylation is 1. The largest absolute Gasteiger partial charge is 0.493 e. The number of imide groups is 1. The van der Waals surface area contributed by atoms with Gasteiger partial charge in [0.1, 0.15) is 12.1 Å². The molecule has 168 valence electrons. The molecule has 0 bridgehead atoms. The van der Waals surface area contributed by atoms with Gasteiger partial charge < -0.3 is 19.7 Å². The van der Waals surface area contributed by atoms with Crippen LogP contribution in [0.2, 0.25) is 0 Å². The van der Waals surface area contributed by atoms with Crippen LogP contribution in [0.3, 0.4) is 0 Å². The first-order valence-corrected chi connectivity index (χ1v) is 10.6. The molecule has 0 aromatic heterocycles. The SMILES string of the molecule is CCN(Cc1ccc(OC)c(OC)c1)C(=O)CN1C(=O)NC2(CCc3ccccc32)C1=O. The molecule has 1 saturated heterocycles. The van der Waals surface area contributed by atoms with Crippen molar-refractivity contribution in [2.24, 2.45) is 0 Å². The smallest absolute Gasteiger partial charge is 0.325 e. The summed E-state index contributed by atoms with van der Waals surface area (Å²) in [6.45, 7) is 2.33. The Kier molecular flexibility index (Phi) is 5.78. The summed E-state index contributed by atoms with van der Waals surface area (Å²) in [5, 5.41) is 2.86. The standard InChI is InChI=1S/C24H27N3O5/c1-4-26(14-16-9-10-19(31-2)20(13-16)32-3)21(28)15-27-22(29)24(25-23(27)30)12-11-17-7-5-6-8-18(17)24/h5-10,13H,4,11-12,14-15H2,1-3H3,(H,25,30). The van der Waals surface area contributed by atoms with Crippen molar-refractivity contribution in [3.63, 3.8) is 0 Å². The van der Waals surface area contributed by atoms with Gasteiger partial charge in [0.2, 0.25) is 5.91 Å². The normalized spacial score (nSPS) is 19.2. The molecule has 1 aliphatic carbocycles. The molecule has 32 heavy (non-hydrogen) atoms. The lowest BCUT2D eigenvalue weighted by Gasteiger charge is -2.25. The van der Waals surface area contributed by atoms with E-state index >= 15 is 0 Å². The molecule has 1 heterocycles. The van der Waals surface area contributed by atoms with Gasteiger partial charge in [-0.3, -0.25) is 14.5 Å². The van der Waals surface area contributed by atoms with Gasteiger partial charge in [-0.15, -0.1) is 0 Å². The van der Waals surface area contributed by atoms with Crippen molar-refractivity contribution >= 4 is 17.8 Å². The molecule has 1 N–H and O–H groups in total. The predicted octanol–water partition coefficient (Wildman–Crippen LogP) is 2.45. The molecular weight excluding hydrogens is 410 g/mol. The molecule has 8 nitrogen and oxygen atoms in total. The van der Waals surface area contributed by atoms with Gasteiger partial charge in [0.25, 0.3) is 5.91 Å². The van der Waals surface area contributed by atoms with E-state index in [1.54, 1.807) is 25.2 Å². The quantitative estimate of drug-likeness (QED) is 0.673. The summed E-state index contributed by atoms with van der Waals surface area (Å²) in [5.41, 5.74) is 1.68. The second-order valence-electron chi connectivity index (χ2n) is 7.98. The topological polar surface area (TPSA) is 88.2 Å². The molecular formula is C24H27N3O5. The number of ether oxygens (including phenoxy) is 2. The average molecular weight is 437 g/mol. The van der Waals surface area contributed by atoms with Crippen LogP contribution in [0, 0.1) is 0 Å². The summed E-state index contributed by atoms with van der Waals surface area (Å²) in [6.07, 6.45) is 1.22. The number of hydrogen-bond acceptors (Lipinski definition) is 5.